The lowest BCUT2D eigenvalue weighted by atomic mass is 10.1. The van der Waals surface area contributed by atoms with Crippen LogP contribution in [-0.4, -0.2) is 26.0 Å². The predicted molar refractivity (Wildman–Crippen MR) is 60.4 cm³/mol. The number of hydrogen-bond donors (Lipinski definition) is 2. The van der Waals surface area contributed by atoms with E-state index in [1.807, 2.05) is 24.3 Å². The molecule has 0 spiro atoms. The van der Waals surface area contributed by atoms with Crippen LogP contribution < -0.4 is 15.4 Å². The van der Waals surface area contributed by atoms with Crippen LogP contribution in [0.1, 0.15) is 11.6 Å². The number of carbonyl (C=O) groups excluding carboxylic acids is 1. The zero-order valence-corrected chi connectivity index (χ0v) is 9.15. The maximum atomic E-state index is 11.7. The summed E-state index contributed by atoms with van der Waals surface area (Å²) in [5.74, 6) is 1.05. The highest BCUT2D eigenvalue weighted by Gasteiger charge is 2.31. The van der Waals surface area contributed by atoms with E-state index in [0.29, 0.717) is 11.7 Å². The molecule has 1 amide bonds. The molecule has 1 aromatic carbocycles. The number of amides is 1. The molecule has 84 valence electrons. The summed E-state index contributed by atoms with van der Waals surface area (Å²) in [5.41, 5.74) is 0.807. The molecule has 5 nitrogen and oxygen atoms in total. The van der Waals surface area contributed by atoms with E-state index in [9.17, 15) is 4.79 Å². The monoisotopic (exact) mass is 219 g/mol. The van der Waals surface area contributed by atoms with Gasteiger partial charge in [-0.25, -0.2) is 0 Å². The van der Waals surface area contributed by atoms with Gasteiger partial charge >= 0.3 is 0 Å². The zero-order chi connectivity index (χ0) is 11.5. The number of benzene rings is 1. The maximum Gasteiger partial charge on any atom is 0.254 e. The normalized spacial score (nSPS) is 21.8. The Balaban J connectivity index is 2.34. The number of nitrogens with zero attached hydrogens (tertiary/aromatic N) is 1. The summed E-state index contributed by atoms with van der Waals surface area (Å²) >= 11 is 0. The molecule has 0 radical (unpaired) electrons. The van der Waals surface area contributed by atoms with Crippen molar-refractivity contribution in [2.24, 2.45) is 4.99 Å². The van der Waals surface area contributed by atoms with Crippen molar-refractivity contribution < 1.29 is 9.53 Å². The van der Waals surface area contributed by atoms with E-state index in [-0.39, 0.29) is 5.91 Å². The molecule has 1 heterocycles. The van der Waals surface area contributed by atoms with Gasteiger partial charge in [-0.05, 0) is 6.07 Å². The second-order valence-corrected chi connectivity index (χ2v) is 3.38. The zero-order valence-electron chi connectivity index (χ0n) is 9.15. The molecular weight excluding hydrogens is 206 g/mol. The molecule has 1 atom stereocenters. The average molecular weight is 219 g/mol. The Morgan fingerprint density at radius 1 is 1.38 bits per heavy atom. The highest BCUT2D eigenvalue weighted by Crippen LogP contribution is 2.26. The minimum absolute atomic E-state index is 0.120. The van der Waals surface area contributed by atoms with Gasteiger partial charge in [-0.1, -0.05) is 18.2 Å². The van der Waals surface area contributed by atoms with Crippen molar-refractivity contribution in [2.45, 2.75) is 6.04 Å². The largest absolute Gasteiger partial charge is 0.496 e. The Bertz CT molecular complexity index is 443. The first kappa shape index (κ1) is 10.5. The quantitative estimate of drug-likeness (QED) is 0.758. The highest BCUT2D eigenvalue weighted by atomic mass is 16.5. The molecule has 5 heteroatoms. The van der Waals surface area contributed by atoms with E-state index < -0.39 is 6.04 Å². The van der Waals surface area contributed by atoms with E-state index in [1.54, 1.807) is 14.2 Å². The van der Waals surface area contributed by atoms with Crippen LogP contribution in [0.4, 0.5) is 0 Å². The molecule has 0 saturated carbocycles. The molecule has 0 bridgehead atoms. The van der Waals surface area contributed by atoms with Crippen molar-refractivity contribution in [2.75, 3.05) is 14.2 Å². The Morgan fingerprint density at radius 3 is 2.75 bits per heavy atom. The second kappa shape index (κ2) is 4.22. The van der Waals surface area contributed by atoms with E-state index in [1.165, 1.54) is 0 Å². The first-order chi connectivity index (χ1) is 7.76. The van der Waals surface area contributed by atoms with Gasteiger partial charge in [0.05, 0.1) is 7.11 Å². The van der Waals surface area contributed by atoms with Crippen molar-refractivity contribution in [3.63, 3.8) is 0 Å². The molecule has 16 heavy (non-hydrogen) atoms. The summed E-state index contributed by atoms with van der Waals surface area (Å²) in [5, 5.41) is 5.64. The van der Waals surface area contributed by atoms with Crippen LogP contribution in [0.5, 0.6) is 5.75 Å². The number of aliphatic imine (C=N–C) groups is 1. The van der Waals surface area contributed by atoms with Crippen LogP contribution in [0.25, 0.3) is 0 Å². The van der Waals surface area contributed by atoms with E-state index in [4.69, 9.17) is 4.74 Å². The Morgan fingerprint density at radius 2 is 2.12 bits per heavy atom. The number of guanidine groups is 1. The summed E-state index contributed by atoms with van der Waals surface area (Å²) in [6, 6.07) is 6.98. The van der Waals surface area contributed by atoms with Gasteiger partial charge in [-0.15, -0.1) is 0 Å². The van der Waals surface area contributed by atoms with Gasteiger partial charge in [0.25, 0.3) is 5.91 Å². The van der Waals surface area contributed by atoms with Crippen LogP contribution in [0, 0.1) is 0 Å². The number of ether oxygens (including phenoxy) is 1. The molecular formula is C11H13N3O2. The minimum Gasteiger partial charge on any atom is -0.496 e. The molecule has 1 aliphatic rings. The third kappa shape index (κ3) is 1.71. The SMILES string of the molecule is CN=C1NC(=O)C(c2ccccc2OC)N1. The highest BCUT2D eigenvalue weighted by molar-refractivity contribution is 6.06. The van der Waals surface area contributed by atoms with Crippen molar-refractivity contribution in [3.05, 3.63) is 29.8 Å². The standard InChI is InChI=1S/C11H13N3O2/c1-12-11-13-9(10(15)14-11)7-5-3-4-6-8(7)16-2/h3-6,9H,1-2H3,(H2,12,13,14,15). The van der Waals surface area contributed by atoms with Gasteiger partial charge in [0, 0.05) is 12.6 Å². The number of methoxy groups -OCH3 is 1. The first-order valence-electron chi connectivity index (χ1n) is 4.93. The Labute approximate surface area is 93.5 Å². The van der Waals surface area contributed by atoms with Gasteiger partial charge < -0.3 is 10.1 Å². The molecule has 1 aromatic rings. The first-order valence-corrected chi connectivity index (χ1v) is 4.93. The summed E-state index contributed by atoms with van der Waals surface area (Å²) < 4.78 is 5.22. The third-order valence-electron chi connectivity index (χ3n) is 2.46. The van der Waals surface area contributed by atoms with E-state index >= 15 is 0 Å². The summed E-state index contributed by atoms with van der Waals surface area (Å²) in [6.45, 7) is 0. The van der Waals surface area contributed by atoms with Gasteiger partial charge in [0.1, 0.15) is 11.8 Å². The van der Waals surface area contributed by atoms with Crippen LogP contribution in [0.3, 0.4) is 0 Å². The van der Waals surface area contributed by atoms with Gasteiger partial charge in [0.2, 0.25) is 0 Å². The third-order valence-corrected chi connectivity index (χ3v) is 2.46. The van der Waals surface area contributed by atoms with Gasteiger partial charge in [0.15, 0.2) is 5.96 Å². The second-order valence-electron chi connectivity index (χ2n) is 3.38. The van der Waals surface area contributed by atoms with Crippen molar-refractivity contribution in [1.82, 2.24) is 10.6 Å². The number of nitrogens with one attached hydrogen (secondary N) is 2. The molecule has 0 aromatic heterocycles. The van der Waals surface area contributed by atoms with Crippen molar-refractivity contribution in [3.8, 4) is 5.75 Å². The molecule has 1 saturated heterocycles. The van der Waals surface area contributed by atoms with Crippen LogP contribution in [0.15, 0.2) is 29.3 Å². The van der Waals surface area contributed by atoms with Crippen LogP contribution >= 0.6 is 0 Å². The van der Waals surface area contributed by atoms with Crippen molar-refractivity contribution >= 4 is 11.9 Å². The Hall–Kier alpha value is -2.04. The minimum atomic E-state index is -0.435. The fourth-order valence-electron chi connectivity index (χ4n) is 1.67. The Kier molecular flexibility index (Phi) is 2.76. The summed E-state index contributed by atoms with van der Waals surface area (Å²) in [6.07, 6.45) is 0. The summed E-state index contributed by atoms with van der Waals surface area (Å²) in [7, 11) is 3.20. The lowest BCUT2D eigenvalue weighted by Gasteiger charge is -2.12. The number of hydrogen-bond acceptors (Lipinski definition) is 3. The molecule has 0 aliphatic carbocycles. The van der Waals surface area contributed by atoms with E-state index in [2.05, 4.69) is 15.6 Å². The average Bonchev–Trinajstić information content (AvgIpc) is 2.70. The molecule has 2 N–H and O–H groups in total. The number of rotatable bonds is 2. The molecule has 2 rings (SSSR count). The van der Waals surface area contributed by atoms with Gasteiger partial charge in [-0.3, -0.25) is 15.1 Å². The lowest BCUT2D eigenvalue weighted by Crippen LogP contribution is -2.24. The molecule has 1 aliphatic heterocycles. The maximum absolute atomic E-state index is 11.7. The topological polar surface area (TPSA) is 62.7 Å². The number of carbonyl (C=O) groups is 1. The smallest absolute Gasteiger partial charge is 0.254 e. The lowest BCUT2D eigenvalue weighted by molar-refractivity contribution is -0.120. The number of para-hydroxylation sites is 1. The van der Waals surface area contributed by atoms with Crippen LogP contribution in [0.2, 0.25) is 0 Å². The van der Waals surface area contributed by atoms with Crippen molar-refractivity contribution in [1.29, 1.82) is 0 Å². The fourth-order valence-corrected chi connectivity index (χ4v) is 1.67. The fraction of sp³-hybridized carbons (Fsp3) is 0.273. The molecule has 1 fully saturated rings. The van der Waals surface area contributed by atoms with Gasteiger partial charge in [-0.2, -0.15) is 0 Å². The predicted octanol–water partition coefficient (Wildman–Crippen LogP) is 0.441. The van der Waals surface area contributed by atoms with Crippen LogP contribution in [-0.2, 0) is 4.79 Å². The molecule has 1 unspecified atom stereocenters. The summed E-state index contributed by atoms with van der Waals surface area (Å²) in [4.78, 5) is 15.6. The van der Waals surface area contributed by atoms with E-state index in [0.717, 1.165) is 5.56 Å².